The number of hydrogen-bond donors (Lipinski definition) is 2. The van der Waals surface area contributed by atoms with Gasteiger partial charge in [-0.05, 0) is 35.3 Å². The molecule has 1 atom stereocenters. The minimum absolute atomic E-state index is 0.0166. The number of aliphatic hydroxyl groups is 1. The van der Waals surface area contributed by atoms with E-state index in [1.807, 2.05) is 36.0 Å². The van der Waals surface area contributed by atoms with E-state index in [9.17, 15) is 9.90 Å². The lowest BCUT2D eigenvalue weighted by Gasteiger charge is -2.20. The van der Waals surface area contributed by atoms with Gasteiger partial charge in [0.2, 0.25) is 0 Å². The molecule has 3 nitrogen and oxygen atoms in total. The van der Waals surface area contributed by atoms with Crippen molar-refractivity contribution in [3.05, 3.63) is 35.4 Å². The Morgan fingerprint density at radius 3 is 1.84 bits per heavy atom. The van der Waals surface area contributed by atoms with Gasteiger partial charge in [0.15, 0.2) is 0 Å². The van der Waals surface area contributed by atoms with Crippen LogP contribution in [0.3, 0.4) is 0 Å². The smallest absolute Gasteiger partial charge is 0.251 e. The Kier molecular flexibility index (Phi) is 15.9. The quantitative estimate of drug-likeness (QED) is 0.221. The molecule has 0 aromatic heterocycles. The van der Waals surface area contributed by atoms with Crippen LogP contribution in [0.1, 0.15) is 121 Å². The molecule has 32 heavy (non-hydrogen) atoms. The monoisotopic (exact) mass is 463 g/mol. The highest BCUT2D eigenvalue weighted by molar-refractivity contribution is 7.99. The first-order chi connectivity index (χ1) is 15.4. The maximum atomic E-state index is 12.5. The van der Waals surface area contributed by atoms with Crippen molar-refractivity contribution >= 4 is 17.7 Å². The first-order valence-electron chi connectivity index (χ1n) is 13.0. The molecule has 0 saturated carbocycles. The van der Waals surface area contributed by atoms with Gasteiger partial charge < -0.3 is 10.4 Å². The lowest BCUT2D eigenvalue weighted by Crippen LogP contribution is -2.39. The number of rotatable bonds is 18. The molecular formula is C28H49NO2S. The molecular weight excluding hydrogens is 414 g/mol. The lowest BCUT2D eigenvalue weighted by molar-refractivity contribution is 0.0923. The van der Waals surface area contributed by atoms with Gasteiger partial charge in [-0.3, -0.25) is 4.79 Å². The van der Waals surface area contributed by atoms with Gasteiger partial charge in [0.1, 0.15) is 0 Å². The van der Waals surface area contributed by atoms with Crippen molar-refractivity contribution in [1.29, 1.82) is 0 Å². The summed E-state index contributed by atoms with van der Waals surface area (Å²) in [5, 5.41) is 12.6. The third-order valence-electron chi connectivity index (χ3n) is 6.03. The van der Waals surface area contributed by atoms with Crippen LogP contribution in [-0.4, -0.2) is 35.2 Å². The normalized spacial score (nSPS) is 12.7. The predicted octanol–water partition coefficient (Wildman–Crippen LogP) is 7.51. The van der Waals surface area contributed by atoms with Crippen LogP contribution >= 0.6 is 11.8 Å². The average Bonchev–Trinajstić information content (AvgIpc) is 2.77. The Morgan fingerprint density at radius 2 is 1.38 bits per heavy atom. The predicted molar refractivity (Wildman–Crippen MR) is 142 cm³/mol. The van der Waals surface area contributed by atoms with Gasteiger partial charge >= 0.3 is 0 Å². The molecule has 0 spiro atoms. The molecule has 1 aromatic rings. The third-order valence-corrected chi connectivity index (χ3v) is 7.25. The summed E-state index contributed by atoms with van der Waals surface area (Å²) in [5.41, 5.74) is 1.95. The fraction of sp³-hybridized carbons (Fsp3) is 0.750. The van der Waals surface area contributed by atoms with Crippen molar-refractivity contribution < 1.29 is 9.90 Å². The second-order valence-electron chi connectivity index (χ2n) is 10.1. The second-order valence-corrected chi connectivity index (χ2v) is 11.3. The van der Waals surface area contributed by atoms with Gasteiger partial charge in [-0.25, -0.2) is 0 Å². The minimum atomic E-state index is -0.188. The molecule has 0 heterocycles. The molecule has 0 aliphatic rings. The summed E-state index contributed by atoms with van der Waals surface area (Å²) in [6, 6.07) is 7.61. The van der Waals surface area contributed by atoms with E-state index in [2.05, 4.69) is 33.0 Å². The zero-order valence-electron chi connectivity index (χ0n) is 21.3. The maximum Gasteiger partial charge on any atom is 0.251 e. The third kappa shape index (κ3) is 13.5. The van der Waals surface area contributed by atoms with Gasteiger partial charge in [0, 0.05) is 11.3 Å². The van der Waals surface area contributed by atoms with E-state index in [0.717, 1.165) is 11.5 Å². The number of carbonyl (C=O) groups excluding carboxylic acids is 1. The summed E-state index contributed by atoms with van der Waals surface area (Å²) in [4.78, 5) is 12.5. The molecule has 1 aromatic carbocycles. The SMILES string of the molecule is CCCCCCCCCCCCCCSC[C@H](CO)NC(=O)c1ccc(C(C)(C)C)cc1. The Bertz CT molecular complexity index is 594. The fourth-order valence-corrected chi connectivity index (χ4v) is 4.85. The van der Waals surface area contributed by atoms with Gasteiger partial charge in [-0.2, -0.15) is 11.8 Å². The van der Waals surface area contributed by atoms with Crippen LogP contribution in [0.5, 0.6) is 0 Å². The summed E-state index contributed by atoms with van der Waals surface area (Å²) in [7, 11) is 0. The molecule has 2 N–H and O–H groups in total. The summed E-state index contributed by atoms with van der Waals surface area (Å²) in [5.74, 6) is 1.76. The first kappa shape index (κ1) is 29.0. The van der Waals surface area contributed by atoms with E-state index >= 15 is 0 Å². The first-order valence-corrected chi connectivity index (χ1v) is 14.1. The van der Waals surface area contributed by atoms with Crippen LogP contribution in [-0.2, 0) is 5.41 Å². The molecule has 0 radical (unpaired) electrons. The highest BCUT2D eigenvalue weighted by Crippen LogP contribution is 2.22. The van der Waals surface area contributed by atoms with E-state index in [1.165, 1.54) is 82.6 Å². The van der Waals surface area contributed by atoms with E-state index < -0.39 is 0 Å². The zero-order valence-corrected chi connectivity index (χ0v) is 22.1. The highest BCUT2D eigenvalue weighted by atomic mass is 32.2. The number of benzene rings is 1. The topological polar surface area (TPSA) is 49.3 Å². The second kappa shape index (κ2) is 17.5. The Morgan fingerprint density at radius 1 is 0.875 bits per heavy atom. The standard InChI is InChI=1S/C28H49NO2S/c1-5-6-7-8-9-10-11-12-13-14-15-16-21-32-23-26(22-30)29-27(31)24-17-19-25(20-18-24)28(2,3)4/h17-20,26,30H,5-16,21-23H2,1-4H3,(H,29,31)/t26-/m0/s1. The van der Waals surface area contributed by atoms with Crippen molar-refractivity contribution in [3.8, 4) is 0 Å². The van der Waals surface area contributed by atoms with Crippen LogP contribution in [0.15, 0.2) is 24.3 Å². The van der Waals surface area contributed by atoms with E-state index in [-0.39, 0.29) is 24.0 Å². The van der Waals surface area contributed by atoms with Crippen molar-refractivity contribution in [2.45, 2.75) is 116 Å². The molecule has 0 aliphatic heterocycles. The largest absolute Gasteiger partial charge is 0.394 e. The summed E-state index contributed by atoms with van der Waals surface area (Å²) < 4.78 is 0. The Labute approximate surface area is 202 Å². The van der Waals surface area contributed by atoms with Gasteiger partial charge in [-0.15, -0.1) is 0 Å². The zero-order chi connectivity index (χ0) is 23.7. The molecule has 0 bridgehead atoms. The van der Waals surface area contributed by atoms with Gasteiger partial charge in [-0.1, -0.05) is 110 Å². The van der Waals surface area contributed by atoms with E-state index in [4.69, 9.17) is 0 Å². The molecule has 0 saturated heterocycles. The Hall–Kier alpha value is -1.00. The van der Waals surface area contributed by atoms with Crippen molar-refractivity contribution in [2.24, 2.45) is 0 Å². The van der Waals surface area contributed by atoms with Crippen molar-refractivity contribution in [2.75, 3.05) is 18.1 Å². The maximum absolute atomic E-state index is 12.5. The molecule has 0 aliphatic carbocycles. The highest BCUT2D eigenvalue weighted by Gasteiger charge is 2.16. The van der Waals surface area contributed by atoms with Crippen LogP contribution in [0.2, 0.25) is 0 Å². The summed E-state index contributed by atoms with van der Waals surface area (Å²) in [6.07, 6.45) is 16.4. The molecule has 0 fully saturated rings. The molecule has 4 heteroatoms. The fourth-order valence-electron chi connectivity index (χ4n) is 3.80. The number of aliphatic hydroxyl groups excluding tert-OH is 1. The summed E-state index contributed by atoms with van der Waals surface area (Å²) >= 11 is 1.84. The van der Waals surface area contributed by atoms with Crippen molar-refractivity contribution in [3.63, 3.8) is 0 Å². The van der Waals surface area contributed by atoms with Crippen LogP contribution in [0.4, 0.5) is 0 Å². The molecule has 1 rings (SSSR count). The number of carbonyl (C=O) groups is 1. The average molecular weight is 464 g/mol. The number of unbranched alkanes of at least 4 members (excludes halogenated alkanes) is 11. The number of thioether (sulfide) groups is 1. The number of nitrogens with one attached hydrogen (secondary N) is 1. The van der Waals surface area contributed by atoms with Gasteiger partial charge in [0.25, 0.3) is 5.91 Å². The van der Waals surface area contributed by atoms with E-state index in [1.54, 1.807) is 0 Å². The molecule has 1 amide bonds. The summed E-state index contributed by atoms with van der Waals surface area (Å²) in [6.45, 7) is 8.75. The number of hydrogen-bond acceptors (Lipinski definition) is 3. The van der Waals surface area contributed by atoms with E-state index in [0.29, 0.717) is 5.56 Å². The lowest BCUT2D eigenvalue weighted by atomic mass is 9.86. The molecule has 0 unspecified atom stereocenters. The minimum Gasteiger partial charge on any atom is -0.394 e. The number of amides is 1. The molecule has 184 valence electrons. The Balaban J connectivity index is 2.07. The van der Waals surface area contributed by atoms with Gasteiger partial charge in [0.05, 0.1) is 12.6 Å². The van der Waals surface area contributed by atoms with Crippen LogP contribution in [0.25, 0.3) is 0 Å². The van der Waals surface area contributed by atoms with Crippen LogP contribution in [0, 0.1) is 0 Å². The van der Waals surface area contributed by atoms with Crippen molar-refractivity contribution in [1.82, 2.24) is 5.32 Å². The van der Waals surface area contributed by atoms with Crippen LogP contribution < -0.4 is 5.32 Å².